The number of carbonyl (C=O) groups excluding carboxylic acids is 2. The van der Waals surface area contributed by atoms with Crippen LogP contribution < -0.4 is 0 Å². The predicted octanol–water partition coefficient (Wildman–Crippen LogP) is 1.79. The van der Waals surface area contributed by atoms with Crippen molar-refractivity contribution in [2.75, 3.05) is 20.1 Å². The molecule has 3 heterocycles. The lowest BCUT2D eigenvalue weighted by molar-refractivity contribution is 0.0693. The van der Waals surface area contributed by atoms with Crippen LogP contribution in [-0.2, 0) is 10.0 Å². The molecule has 1 aromatic carbocycles. The van der Waals surface area contributed by atoms with E-state index in [0.29, 0.717) is 13.1 Å². The van der Waals surface area contributed by atoms with Crippen molar-refractivity contribution in [1.82, 2.24) is 14.2 Å². The van der Waals surface area contributed by atoms with E-state index in [-0.39, 0.29) is 21.9 Å². The van der Waals surface area contributed by atoms with Gasteiger partial charge < -0.3 is 0 Å². The van der Waals surface area contributed by atoms with Crippen LogP contribution in [0.15, 0.2) is 41.6 Å². The Morgan fingerprint density at radius 3 is 2.59 bits per heavy atom. The van der Waals surface area contributed by atoms with Crippen LogP contribution in [0.25, 0.3) is 0 Å². The summed E-state index contributed by atoms with van der Waals surface area (Å²) in [7, 11) is -2.35. The van der Waals surface area contributed by atoms with Crippen LogP contribution in [0.3, 0.4) is 0 Å². The standard InChI is InChI=1S/C19H19N3O4S/c1-12-5-7-20-10-17(12)13-6-8-22(11-13)27(25,26)14-3-4-15-16(9-14)19(24)21(2)18(15)23/h3-5,7,9-10,13H,6,8,11H2,1-2H3. The first-order valence-electron chi connectivity index (χ1n) is 8.68. The van der Waals surface area contributed by atoms with Crippen LogP contribution >= 0.6 is 0 Å². The number of imide groups is 1. The fourth-order valence-corrected chi connectivity index (χ4v) is 5.28. The summed E-state index contributed by atoms with van der Waals surface area (Å²) in [4.78, 5) is 29.4. The van der Waals surface area contributed by atoms with Gasteiger partial charge in [-0.25, -0.2) is 8.42 Å². The summed E-state index contributed by atoms with van der Waals surface area (Å²) >= 11 is 0. The Bertz CT molecular complexity index is 1060. The Morgan fingerprint density at radius 1 is 1.11 bits per heavy atom. The molecule has 0 spiro atoms. The minimum atomic E-state index is -3.74. The zero-order valence-corrected chi connectivity index (χ0v) is 15.9. The number of fused-ring (bicyclic) bond motifs is 1. The SMILES string of the molecule is Cc1ccncc1C1CCN(S(=O)(=O)c2ccc3c(c2)C(=O)N(C)C3=O)C1. The zero-order chi connectivity index (χ0) is 19.3. The Morgan fingerprint density at radius 2 is 1.85 bits per heavy atom. The first-order chi connectivity index (χ1) is 12.8. The lowest BCUT2D eigenvalue weighted by atomic mass is 9.96. The molecule has 1 fully saturated rings. The molecule has 2 aromatic rings. The molecule has 1 saturated heterocycles. The van der Waals surface area contributed by atoms with Gasteiger partial charge in [-0.05, 0) is 48.7 Å². The lowest BCUT2D eigenvalue weighted by Gasteiger charge is -2.17. The monoisotopic (exact) mass is 385 g/mol. The second kappa shape index (κ2) is 6.24. The van der Waals surface area contributed by atoms with Crippen LogP contribution in [0.5, 0.6) is 0 Å². The van der Waals surface area contributed by atoms with Gasteiger partial charge in [0.05, 0.1) is 16.0 Å². The van der Waals surface area contributed by atoms with Gasteiger partial charge >= 0.3 is 0 Å². The highest BCUT2D eigenvalue weighted by Gasteiger charge is 2.37. The van der Waals surface area contributed by atoms with Gasteiger partial charge in [-0.1, -0.05) is 0 Å². The number of amides is 2. The number of hydrogen-bond acceptors (Lipinski definition) is 5. The summed E-state index contributed by atoms with van der Waals surface area (Å²) in [6, 6.07) is 6.06. The van der Waals surface area contributed by atoms with Gasteiger partial charge in [0.1, 0.15) is 0 Å². The molecule has 7 nitrogen and oxygen atoms in total. The fourth-order valence-electron chi connectivity index (χ4n) is 3.75. The van der Waals surface area contributed by atoms with Crippen molar-refractivity contribution < 1.29 is 18.0 Å². The van der Waals surface area contributed by atoms with Crippen molar-refractivity contribution >= 4 is 21.8 Å². The van der Waals surface area contributed by atoms with Crippen molar-refractivity contribution in [3.05, 3.63) is 58.9 Å². The van der Waals surface area contributed by atoms with Gasteiger partial charge in [0.15, 0.2) is 0 Å². The molecule has 0 aliphatic carbocycles. The third kappa shape index (κ3) is 2.76. The summed E-state index contributed by atoms with van der Waals surface area (Å²) in [5.41, 5.74) is 2.54. The summed E-state index contributed by atoms with van der Waals surface area (Å²) in [5, 5.41) is 0. The third-order valence-electron chi connectivity index (χ3n) is 5.37. The molecule has 1 unspecified atom stereocenters. The smallest absolute Gasteiger partial charge is 0.261 e. The van der Waals surface area contributed by atoms with E-state index in [1.165, 1.54) is 29.6 Å². The van der Waals surface area contributed by atoms with E-state index in [4.69, 9.17) is 0 Å². The van der Waals surface area contributed by atoms with E-state index in [2.05, 4.69) is 4.98 Å². The number of rotatable bonds is 3. The first-order valence-corrected chi connectivity index (χ1v) is 10.1. The number of aryl methyl sites for hydroxylation is 1. The minimum absolute atomic E-state index is 0.0428. The Labute approximate surface area is 157 Å². The largest absolute Gasteiger partial charge is 0.277 e. The molecule has 0 bridgehead atoms. The summed E-state index contributed by atoms with van der Waals surface area (Å²) < 4.78 is 27.6. The number of benzene rings is 1. The van der Waals surface area contributed by atoms with Crippen molar-refractivity contribution in [2.45, 2.75) is 24.2 Å². The molecular formula is C19H19N3O4S. The molecule has 8 heteroatoms. The normalized spacial score (nSPS) is 20.4. The molecule has 2 aliphatic rings. The highest BCUT2D eigenvalue weighted by Crippen LogP contribution is 2.33. The zero-order valence-electron chi connectivity index (χ0n) is 15.0. The van der Waals surface area contributed by atoms with E-state index in [1.54, 1.807) is 12.4 Å². The van der Waals surface area contributed by atoms with Crippen LogP contribution in [0.1, 0.15) is 44.2 Å². The van der Waals surface area contributed by atoms with Gasteiger partial charge in [0, 0.05) is 38.4 Å². The maximum atomic E-state index is 13.1. The summed E-state index contributed by atoms with van der Waals surface area (Å²) in [6.45, 7) is 2.78. The summed E-state index contributed by atoms with van der Waals surface area (Å²) in [6.07, 6.45) is 4.24. The Kier molecular flexibility index (Phi) is 4.12. The quantitative estimate of drug-likeness (QED) is 0.752. The van der Waals surface area contributed by atoms with Crippen LogP contribution in [0.2, 0.25) is 0 Å². The van der Waals surface area contributed by atoms with E-state index < -0.39 is 21.8 Å². The Hall–Kier alpha value is -2.58. The third-order valence-corrected chi connectivity index (χ3v) is 7.23. The molecule has 27 heavy (non-hydrogen) atoms. The molecule has 0 radical (unpaired) electrons. The molecule has 4 rings (SSSR count). The van der Waals surface area contributed by atoms with Crippen LogP contribution in [0.4, 0.5) is 0 Å². The Balaban J connectivity index is 1.63. The van der Waals surface area contributed by atoms with Crippen molar-refractivity contribution in [3.63, 3.8) is 0 Å². The highest BCUT2D eigenvalue weighted by molar-refractivity contribution is 7.89. The fraction of sp³-hybridized carbons (Fsp3) is 0.316. The van der Waals surface area contributed by atoms with Gasteiger partial charge in [-0.2, -0.15) is 4.31 Å². The molecular weight excluding hydrogens is 366 g/mol. The van der Waals surface area contributed by atoms with Gasteiger partial charge in [0.25, 0.3) is 11.8 Å². The number of aromatic nitrogens is 1. The van der Waals surface area contributed by atoms with E-state index in [9.17, 15) is 18.0 Å². The average Bonchev–Trinajstić information content (AvgIpc) is 3.23. The minimum Gasteiger partial charge on any atom is -0.277 e. The highest BCUT2D eigenvalue weighted by atomic mass is 32.2. The maximum absolute atomic E-state index is 13.1. The van der Waals surface area contributed by atoms with Gasteiger partial charge in [-0.15, -0.1) is 0 Å². The van der Waals surface area contributed by atoms with Gasteiger partial charge in [-0.3, -0.25) is 19.5 Å². The first kappa shape index (κ1) is 17.8. The van der Waals surface area contributed by atoms with Gasteiger partial charge in [0.2, 0.25) is 10.0 Å². The topological polar surface area (TPSA) is 87.7 Å². The number of nitrogens with zero attached hydrogens (tertiary/aromatic N) is 3. The average molecular weight is 385 g/mol. The molecule has 140 valence electrons. The second-order valence-electron chi connectivity index (χ2n) is 6.96. The van der Waals surface area contributed by atoms with E-state index in [1.807, 2.05) is 13.0 Å². The van der Waals surface area contributed by atoms with Crippen LogP contribution in [0, 0.1) is 6.92 Å². The molecule has 1 aromatic heterocycles. The molecule has 2 aliphatic heterocycles. The van der Waals surface area contributed by atoms with Crippen LogP contribution in [-0.4, -0.2) is 54.6 Å². The van der Waals surface area contributed by atoms with E-state index in [0.717, 1.165) is 22.4 Å². The number of carbonyl (C=O) groups is 2. The van der Waals surface area contributed by atoms with E-state index >= 15 is 0 Å². The maximum Gasteiger partial charge on any atom is 0.261 e. The van der Waals surface area contributed by atoms with Crippen molar-refractivity contribution in [1.29, 1.82) is 0 Å². The molecule has 0 saturated carbocycles. The summed E-state index contributed by atoms with van der Waals surface area (Å²) in [5.74, 6) is -0.790. The predicted molar refractivity (Wildman–Crippen MR) is 98.0 cm³/mol. The molecule has 0 N–H and O–H groups in total. The number of hydrogen-bond donors (Lipinski definition) is 0. The second-order valence-corrected chi connectivity index (χ2v) is 8.90. The molecule has 1 atom stereocenters. The van der Waals surface area contributed by atoms with Crippen molar-refractivity contribution in [2.24, 2.45) is 0 Å². The molecule has 2 amide bonds. The lowest BCUT2D eigenvalue weighted by Crippen LogP contribution is -2.29. The van der Waals surface area contributed by atoms with Crippen molar-refractivity contribution in [3.8, 4) is 0 Å². The number of sulfonamides is 1. The number of pyridine rings is 1.